The van der Waals surface area contributed by atoms with E-state index in [0.717, 1.165) is 52.1 Å². The predicted octanol–water partition coefficient (Wildman–Crippen LogP) is 4.53. The molecule has 3 aliphatic heterocycles. The van der Waals surface area contributed by atoms with Crippen molar-refractivity contribution in [2.75, 3.05) is 39.1 Å². The van der Waals surface area contributed by atoms with E-state index in [1.165, 1.54) is 17.8 Å². The Hall–Kier alpha value is -2.20. The Morgan fingerprint density at radius 1 is 1.26 bits per heavy atom. The van der Waals surface area contributed by atoms with E-state index in [1.54, 1.807) is 26.2 Å². The molecule has 0 unspecified atom stereocenters. The molecular formula is C28H36ClN3O5S. The highest BCUT2D eigenvalue weighted by molar-refractivity contribution is 7.98. The van der Waals surface area contributed by atoms with E-state index >= 15 is 0 Å². The molecule has 1 aromatic heterocycles. The number of carbonyl (C=O) groups is 1. The summed E-state index contributed by atoms with van der Waals surface area (Å²) in [4.78, 5) is 31.6. The summed E-state index contributed by atoms with van der Waals surface area (Å²) in [5.74, 6) is -0.109. The fourth-order valence-corrected chi connectivity index (χ4v) is 6.48. The average molecular weight is 564 g/mol. The Kier molecular flexibility index (Phi) is 7.26. The first-order chi connectivity index (χ1) is 18.9. The number of hydrogen-bond acceptors (Lipinski definition) is 7. The first-order valence-electron chi connectivity index (χ1n) is 14.0. The lowest BCUT2D eigenvalue weighted by molar-refractivity contribution is -0.125. The van der Waals surface area contributed by atoms with E-state index in [4.69, 9.17) is 28.6 Å². The van der Waals surface area contributed by atoms with Crippen molar-refractivity contribution >= 4 is 29.3 Å². The van der Waals surface area contributed by atoms with Crippen LogP contribution in [0.25, 0.3) is 0 Å². The lowest BCUT2D eigenvalue weighted by Gasteiger charge is -2.39. The van der Waals surface area contributed by atoms with Crippen molar-refractivity contribution in [3.05, 3.63) is 49.9 Å². The maximum Gasteiger partial charge on any atom is 0.254 e. The first kappa shape index (κ1) is 24.8. The van der Waals surface area contributed by atoms with Crippen molar-refractivity contribution in [1.82, 2.24) is 15.2 Å². The number of benzene rings is 1. The van der Waals surface area contributed by atoms with Gasteiger partial charge >= 0.3 is 0 Å². The third kappa shape index (κ3) is 5.43. The molecule has 2 N–H and O–H groups in total. The third-order valence-electron chi connectivity index (χ3n) is 7.82. The quantitative estimate of drug-likeness (QED) is 0.478. The molecule has 2 saturated heterocycles. The number of pyridine rings is 1. The van der Waals surface area contributed by atoms with E-state index in [-0.39, 0.29) is 22.1 Å². The molecule has 0 bridgehead atoms. The maximum atomic E-state index is 13.4. The molecule has 3 aliphatic rings. The summed E-state index contributed by atoms with van der Waals surface area (Å²) in [6, 6.07) is 3.15. The molecular weight excluding hydrogens is 526 g/mol. The van der Waals surface area contributed by atoms with Gasteiger partial charge in [0.25, 0.3) is 17.3 Å². The number of H-pyrrole nitrogens is 1. The number of nitrogens with zero attached hydrogens (tertiary/aromatic N) is 1. The summed E-state index contributed by atoms with van der Waals surface area (Å²) in [5.41, 5.74) is 0.522. The zero-order valence-electron chi connectivity index (χ0n) is 24.2. The normalized spacial score (nSPS) is 24.8. The number of ether oxygens (including phenoxy) is 3. The van der Waals surface area contributed by atoms with Crippen molar-refractivity contribution in [3.8, 4) is 11.5 Å². The van der Waals surface area contributed by atoms with Crippen molar-refractivity contribution < 1.29 is 21.7 Å². The molecule has 10 heteroatoms. The number of amides is 1. The van der Waals surface area contributed by atoms with Crippen LogP contribution in [0.5, 0.6) is 11.5 Å². The number of aromatic amines is 1. The molecule has 4 heterocycles. The van der Waals surface area contributed by atoms with Crippen molar-refractivity contribution in [1.29, 1.82) is 0 Å². The minimum absolute atomic E-state index is 0.135. The zero-order chi connectivity index (χ0) is 28.8. The monoisotopic (exact) mass is 563 g/mol. The van der Waals surface area contributed by atoms with Gasteiger partial charge in [0.15, 0.2) is 11.5 Å². The Morgan fingerprint density at radius 2 is 2.00 bits per heavy atom. The van der Waals surface area contributed by atoms with Gasteiger partial charge < -0.3 is 29.4 Å². The summed E-state index contributed by atoms with van der Waals surface area (Å²) >= 11 is 7.84. The molecule has 1 aromatic carbocycles. The van der Waals surface area contributed by atoms with Gasteiger partial charge in [-0.25, -0.2) is 0 Å². The number of hydrogen-bond donors (Lipinski definition) is 2. The van der Waals surface area contributed by atoms with Crippen molar-refractivity contribution in [2.45, 2.75) is 57.2 Å². The Bertz CT molecular complexity index is 1360. The van der Waals surface area contributed by atoms with Crippen LogP contribution in [-0.4, -0.2) is 60.7 Å². The number of thioether (sulfide) groups is 1. The van der Waals surface area contributed by atoms with Crippen molar-refractivity contribution in [3.63, 3.8) is 0 Å². The second kappa shape index (κ2) is 11.1. The Morgan fingerprint density at radius 3 is 2.68 bits per heavy atom. The van der Waals surface area contributed by atoms with E-state index in [1.807, 2.05) is 6.92 Å². The predicted molar refractivity (Wildman–Crippen MR) is 149 cm³/mol. The minimum Gasteiger partial charge on any atom is -0.448 e. The third-order valence-corrected chi connectivity index (χ3v) is 8.86. The molecule has 1 amide bonds. The van der Waals surface area contributed by atoms with E-state index in [0.29, 0.717) is 33.6 Å². The first-order valence-corrected chi connectivity index (χ1v) is 14.6. The van der Waals surface area contributed by atoms with Crippen LogP contribution in [0.4, 0.5) is 0 Å². The number of nitrogens with one attached hydrogen (secondary N) is 2. The standard InChI is InChI=1S/C28H36ClN3O5S/c1-16-11-23(38-4)21(27(34)31-16)13-30-26(33)20-12-22(29)25-24(17(20)2)36-28(3,37-25)19-5-8-32(9-6-19)14-18-7-10-35-15-18/h11-12,18-19H,5-10,13-15H2,1-4H3,(H,30,33)(H,31,34)/t18-,28-/m1/s1/i13D2. The molecule has 8 nitrogen and oxygen atoms in total. The van der Waals surface area contributed by atoms with Gasteiger partial charge in [0.2, 0.25) is 0 Å². The van der Waals surface area contributed by atoms with Crippen LogP contribution in [0.15, 0.2) is 21.8 Å². The lowest BCUT2D eigenvalue weighted by atomic mass is 9.88. The highest BCUT2D eigenvalue weighted by atomic mass is 35.5. The summed E-state index contributed by atoms with van der Waals surface area (Å²) in [6.07, 6.45) is 4.69. The number of likely N-dealkylation sites (tertiary alicyclic amines) is 1. The number of rotatable bonds is 7. The fourth-order valence-electron chi connectivity index (χ4n) is 5.60. The smallest absolute Gasteiger partial charge is 0.254 e. The molecule has 5 rings (SSSR count). The SMILES string of the molecule is [2H]C([2H])(NC(=O)c1cc(Cl)c2c(c1C)O[C@@](C)(C1CCN(C[C@H]3CCOC3)CC1)O2)c1c(SC)cc(C)[nH]c1=O. The summed E-state index contributed by atoms with van der Waals surface area (Å²) < 4.78 is 35.4. The molecule has 206 valence electrons. The second-order valence-electron chi connectivity index (χ2n) is 10.5. The second-order valence-corrected chi connectivity index (χ2v) is 11.8. The van der Waals surface area contributed by atoms with Crippen LogP contribution in [0.2, 0.25) is 5.02 Å². The van der Waals surface area contributed by atoms with Gasteiger partial charge in [-0.15, -0.1) is 11.8 Å². The van der Waals surface area contributed by atoms with Gasteiger partial charge in [0.05, 0.1) is 14.4 Å². The Balaban J connectivity index is 1.32. The number of carbonyl (C=O) groups excluding carboxylic acids is 1. The summed E-state index contributed by atoms with van der Waals surface area (Å²) in [7, 11) is 0. The van der Waals surface area contributed by atoms with Crippen molar-refractivity contribution in [2.24, 2.45) is 11.8 Å². The number of halogens is 1. The molecule has 0 aliphatic carbocycles. The van der Waals surface area contributed by atoms with Gasteiger partial charge in [-0.1, -0.05) is 11.6 Å². The van der Waals surface area contributed by atoms with Crippen LogP contribution in [0.1, 0.15) is 56.1 Å². The van der Waals surface area contributed by atoms with E-state index < -0.39 is 23.8 Å². The molecule has 0 radical (unpaired) electrons. The minimum atomic E-state index is -2.43. The van der Waals surface area contributed by atoms with Crippen LogP contribution >= 0.6 is 23.4 Å². The maximum absolute atomic E-state index is 13.4. The lowest BCUT2D eigenvalue weighted by Crippen LogP contribution is -2.49. The highest BCUT2D eigenvalue weighted by Gasteiger charge is 2.47. The topological polar surface area (TPSA) is 92.9 Å². The van der Waals surface area contributed by atoms with E-state index in [2.05, 4.69) is 15.2 Å². The molecule has 2 atom stereocenters. The molecule has 38 heavy (non-hydrogen) atoms. The van der Waals surface area contributed by atoms with Gasteiger partial charge in [0.1, 0.15) is 0 Å². The zero-order valence-corrected chi connectivity index (χ0v) is 23.8. The van der Waals surface area contributed by atoms with Crippen LogP contribution in [-0.2, 0) is 11.2 Å². The van der Waals surface area contributed by atoms with Crippen LogP contribution in [0.3, 0.4) is 0 Å². The summed E-state index contributed by atoms with van der Waals surface area (Å²) in [5, 5.41) is 2.61. The van der Waals surface area contributed by atoms with Crippen LogP contribution in [0, 0.1) is 25.7 Å². The molecule has 0 saturated carbocycles. The van der Waals surface area contributed by atoms with E-state index in [9.17, 15) is 9.59 Å². The van der Waals surface area contributed by atoms with Gasteiger partial charge in [0, 0.05) is 59.8 Å². The van der Waals surface area contributed by atoms with Crippen LogP contribution < -0.4 is 20.3 Å². The van der Waals surface area contributed by atoms with Gasteiger partial charge in [-0.05, 0) is 70.5 Å². The number of piperidine rings is 1. The van der Waals surface area contributed by atoms with Gasteiger partial charge in [-0.3, -0.25) is 9.59 Å². The number of fused-ring (bicyclic) bond motifs is 1. The average Bonchev–Trinajstić information content (AvgIpc) is 3.54. The fraction of sp³-hybridized carbons (Fsp3) is 0.571. The Labute approximate surface area is 235 Å². The molecule has 2 fully saturated rings. The van der Waals surface area contributed by atoms with Gasteiger partial charge in [-0.2, -0.15) is 0 Å². The summed E-state index contributed by atoms with van der Waals surface area (Å²) in [6.45, 7) is 7.58. The highest BCUT2D eigenvalue weighted by Crippen LogP contribution is 2.51. The molecule has 2 aromatic rings. The number of aromatic nitrogens is 1. The number of aryl methyl sites for hydroxylation is 1. The molecule has 0 spiro atoms. The largest absolute Gasteiger partial charge is 0.448 e.